The Morgan fingerprint density at radius 1 is 0.312 bits per heavy atom. The van der Waals surface area contributed by atoms with E-state index in [1.54, 1.807) is 0 Å². The quantitative estimate of drug-likeness (QED) is 0.0501. The summed E-state index contributed by atoms with van der Waals surface area (Å²) in [5, 5.41) is -9.63. The van der Waals surface area contributed by atoms with E-state index in [9.17, 15) is 105 Å². The van der Waals surface area contributed by atoms with Gasteiger partial charge >= 0.3 is 34.3 Å². The molecule has 0 aliphatic rings. The average molecular weight is 1100 g/mol. The Hall–Kier alpha value is -3.74. The molecule has 0 radical (unpaired) electrons. The summed E-state index contributed by atoms with van der Waals surface area (Å²) in [6, 6.07) is 6.56. The fourth-order valence-electron chi connectivity index (χ4n) is 5.39. The van der Waals surface area contributed by atoms with Crippen molar-refractivity contribution in [3.05, 3.63) is 151 Å². The van der Waals surface area contributed by atoms with E-state index in [0.29, 0.717) is 0 Å². The van der Waals surface area contributed by atoms with Crippen molar-refractivity contribution in [1.82, 2.24) is 0 Å². The Morgan fingerprint density at radius 2 is 0.422 bits per heavy atom. The Bertz CT molecular complexity index is 2100. The number of rotatable bonds is 7. The molecule has 0 fully saturated rings. The van der Waals surface area contributed by atoms with Crippen molar-refractivity contribution >= 4 is 54.0 Å². The molecule has 0 aliphatic heterocycles. The molecule has 5 rings (SSSR count). The van der Waals surface area contributed by atoms with Gasteiger partial charge in [-0.05, 0) is 48.9 Å². The molecule has 64 heavy (non-hydrogen) atoms. The van der Waals surface area contributed by atoms with E-state index in [4.69, 9.17) is 0 Å². The van der Waals surface area contributed by atoms with Crippen LogP contribution in [0.5, 0.6) is 0 Å². The van der Waals surface area contributed by atoms with E-state index < -0.39 is 173 Å². The number of aryl methyl sites for hydroxylation is 3. The molecule has 29 heteroatoms. The van der Waals surface area contributed by atoms with E-state index in [2.05, 4.69) is 48.7 Å². The SMILES string of the molecule is Cc1cc(C)cc(C)c1.F[B-](F)(F)F.Fc1c(F)c(F)c(P(CCP(c2c(F)c(F)c(F)c(F)c2F)c2c(F)c(F)c(F)c(F)c2F)c2c(F)c(F)c(F)c(F)c2F)c(F)c1F.[Cl][Ru+]. The third-order valence-electron chi connectivity index (χ3n) is 7.74. The third-order valence-corrected chi connectivity index (χ3v) is 13.2. The molecule has 0 heterocycles. The topological polar surface area (TPSA) is 0 Å². The third kappa shape index (κ3) is 12.2. The van der Waals surface area contributed by atoms with Crippen molar-refractivity contribution in [2.45, 2.75) is 20.8 Å². The zero-order chi connectivity index (χ0) is 49.8. The standard InChI is InChI=1S/C26H4F20P2.C9H12.BF4.ClH.Ru/c27-3-7(31)15(39)23(16(40)8(3)32)47(24-17(41)9(33)4(28)10(34)18(24)42)1-2-48(25-19(43)11(35)5(29)12(36)20(25)44)26-21(45)13(37)6(30)14(38)22(26)46;1-7-4-8(2)6-9(3)5-7;2-1(3,4)5;;/h1-2H2;4-6H,1-3H3;;1H;/q;;-1;;+2/p-1. The van der Waals surface area contributed by atoms with Crippen LogP contribution >= 0.6 is 25.5 Å². The average Bonchev–Trinajstić information content (AvgIpc) is 3.22. The van der Waals surface area contributed by atoms with Crippen LogP contribution in [0.1, 0.15) is 16.7 Å². The summed E-state index contributed by atoms with van der Waals surface area (Å²) in [6.07, 6.45) is -4.03. The van der Waals surface area contributed by atoms with Gasteiger partial charge in [0.15, 0.2) is 93.1 Å². The van der Waals surface area contributed by atoms with Gasteiger partial charge in [-0.1, -0.05) is 34.9 Å². The monoisotopic (exact) mass is 1100 g/mol. The molecule has 0 spiro atoms. The predicted molar refractivity (Wildman–Crippen MR) is 184 cm³/mol. The normalized spacial score (nSPS) is 11.3. The molecule has 0 aromatic heterocycles. The summed E-state index contributed by atoms with van der Waals surface area (Å²) in [5.41, 5.74) is 4.06. The molecule has 0 N–H and O–H groups in total. The van der Waals surface area contributed by atoms with Crippen LogP contribution < -0.4 is 21.2 Å². The zero-order valence-corrected chi connectivity index (χ0v) is 35.2. The first-order valence-electron chi connectivity index (χ1n) is 16.0. The molecule has 5 aromatic carbocycles. The van der Waals surface area contributed by atoms with Gasteiger partial charge in [-0.15, -0.1) is 0 Å². The van der Waals surface area contributed by atoms with Crippen LogP contribution in [-0.2, 0) is 17.3 Å². The molecule has 0 unspecified atom stereocenters. The minimum absolute atomic E-state index is 1.35. The molecule has 352 valence electrons. The second-order valence-electron chi connectivity index (χ2n) is 12.1. The molecule has 0 nitrogen and oxygen atoms in total. The Kier molecular flexibility index (Phi) is 19.9. The van der Waals surface area contributed by atoms with Gasteiger partial charge in [-0.25, -0.2) is 87.8 Å². The maximum atomic E-state index is 14.9. The molecule has 0 aliphatic carbocycles. The van der Waals surface area contributed by atoms with Gasteiger partial charge in [0.05, 0.1) is 21.2 Å². The Morgan fingerprint density at radius 3 is 0.547 bits per heavy atom. The molecule has 0 amide bonds. The summed E-state index contributed by atoms with van der Waals surface area (Å²) in [7, 11) is -10.2. The van der Waals surface area contributed by atoms with E-state index in [1.165, 1.54) is 16.7 Å². The molecule has 5 aromatic rings. The van der Waals surface area contributed by atoms with Crippen LogP contribution in [-0.4, -0.2) is 19.6 Å². The van der Waals surface area contributed by atoms with Crippen LogP contribution in [0.25, 0.3) is 0 Å². The maximum absolute atomic E-state index is 14.9. The van der Waals surface area contributed by atoms with Gasteiger partial charge in [0.25, 0.3) is 0 Å². The summed E-state index contributed by atoms with van der Waals surface area (Å²) in [4.78, 5) is 0. The van der Waals surface area contributed by atoms with Gasteiger partial charge in [-0.3, -0.25) is 0 Å². The summed E-state index contributed by atoms with van der Waals surface area (Å²) in [6.45, 7) is 6.38. The minimum atomic E-state index is -6.00. The molecule has 0 saturated carbocycles. The van der Waals surface area contributed by atoms with Crippen LogP contribution in [0.3, 0.4) is 0 Å². The second kappa shape index (κ2) is 22.6. The second-order valence-corrected chi connectivity index (χ2v) is 16.5. The van der Waals surface area contributed by atoms with Crippen LogP contribution in [0.4, 0.5) is 105 Å². The zero-order valence-electron chi connectivity index (χ0n) is 30.9. The van der Waals surface area contributed by atoms with E-state index in [-0.39, 0.29) is 0 Å². The summed E-state index contributed by atoms with van der Waals surface area (Å²) in [5.74, 6) is -59.4. The van der Waals surface area contributed by atoms with Crippen molar-refractivity contribution in [2.24, 2.45) is 0 Å². The number of halogens is 25. The Balaban J connectivity index is 0.000000744. The van der Waals surface area contributed by atoms with E-state index >= 15 is 0 Å². The van der Waals surface area contributed by atoms with Crippen molar-refractivity contribution < 1.29 is 122 Å². The fourth-order valence-corrected chi connectivity index (χ4v) is 11.0. The van der Waals surface area contributed by atoms with Crippen molar-refractivity contribution in [3.8, 4) is 0 Å². The van der Waals surface area contributed by atoms with Gasteiger partial charge in [0, 0.05) is 0 Å². The number of hydrogen-bond acceptors (Lipinski definition) is 0. The van der Waals surface area contributed by atoms with Gasteiger partial charge in [0.1, 0.15) is 0 Å². The molecular formula is C35H16BClF24P2Ru. The predicted octanol–water partition coefficient (Wildman–Crippen LogP) is 12.6. The first-order valence-corrected chi connectivity index (χ1v) is 21.3. The van der Waals surface area contributed by atoms with E-state index in [1.807, 2.05) is 17.3 Å². The van der Waals surface area contributed by atoms with Gasteiger partial charge in [-0.2, -0.15) is 0 Å². The first-order chi connectivity index (χ1) is 29.4. The summed E-state index contributed by atoms with van der Waals surface area (Å²) >= 11 is 1.82. The molecule has 0 saturated heterocycles. The first kappa shape index (κ1) is 56.4. The number of benzene rings is 5. The van der Waals surface area contributed by atoms with Crippen LogP contribution in [0.15, 0.2) is 18.2 Å². The number of hydrogen-bond donors (Lipinski definition) is 0. The summed E-state index contributed by atoms with van der Waals surface area (Å²) < 4.78 is 326. The van der Waals surface area contributed by atoms with Crippen LogP contribution in [0, 0.1) is 137 Å². The van der Waals surface area contributed by atoms with Gasteiger partial charge in [0.2, 0.25) is 23.3 Å². The van der Waals surface area contributed by atoms with Crippen molar-refractivity contribution in [3.63, 3.8) is 0 Å². The Labute approximate surface area is 359 Å². The fraction of sp³-hybridized carbons (Fsp3) is 0.143. The van der Waals surface area contributed by atoms with Gasteiger partial charge < -0.3 is 17.3 Å². The van der Waals surface area contributed by atoms with Crippen LogP contribution in [0.2, 0.25) is 0 Å². The van der Waals surface area contributed by atoms with E-state index in [0.717, 1.165) is 0 Å². The molecular weight excluding hydrogens is 1090 g/mol. The molecule has 0 bridgehead atoms. The van der Waals surface area contributed by atoms with Crippen molar-refractivity contribution in [1.29, 1.82) is 0 Å². The molecule has 0 atom stereocenters. The van der Waals surface area contributed by atoms with Crippen molar-refractivity contribution in [2.75, 3.05) is 12.3 Å².